The number of halogens is 1. The Kier molecular flexibility index (Phi) is 5.26. The molecule has 0 unspecified atom stereocenters. The normalized spacial score (nSPS) is 11.6. The topological polar surface area (TPSA) is 79.8 Å². The first-order valence-electron chi connectivity index (χ1n) is 10.3. The lowest BCUT2D eigenvalue weighted by atomic mass is 10.0. The average Bonchev–Trinajstić information content (AvgIpc) is 3.06. The van der Waals surface area contributed by atoms with Crippen LogP contribution in [0.5, 0.6) is 5.88 Å². The third-order valence-electron chi connectivity index (χ3n) is 5.63. The van der Waals surface area contributed by atoms with Gasteiger partial charge < -0.3 is 9.67 Å². The number of aromatic nitrogens is 2. The maximum Gasteiger partial charge on any atom is 0.296 e. The van der Waals surface area contributed by atoms with Crippen LogP contribution in [0.2, 0.25) is 0 Å². The van der Waals surface area contributed by atoms with Crippen molar-refractivity contribution in [3.05, 3.63) is 88.4 Å². The van der Waals surface area contributed by atoms with Crippen molar-refractivity contribution in [2.45, 2.75) is 6.92 Å². The molecule has 0 atom stereocenters. The zero-order chi connectivity index (χ0) is 23.1. The van der Waals surface area contributed by atoms with Gasteiger partial charge in [-0.15, -0.1) is 10.2 Å². The second-order valence-corrected chi connectivity index (χ2v) is 8.75. The molecule has 0 aliphatic rings. The molecule has 162 valence electrons. The molecule has 1 amide bonds. The van der Waals surface area contributed by atoms with Crippen LogP contribution < -0.4 is 0 Å². The van der Waals surface area contributed by atoms with Crippen LogP contribution in [0.4, 0.5) is 5.69 Å². The van der Waals surface area contributed by atoms with Crippen molar-refractivity contribution in [2.24, 2.45) is 17.3 Å². The summed E-state index contributed by atoms with van der Waals surface area (Å²) in [6.45, 7) is 1.96. The van der Waals surface area contributed by atoms with E-state index in [1.165, 1.54) is 0 Å². The van der Waals surface area contributed by atoms with Crippen LogP contribution >= 0.6 is 15.9 Å². The Morgan fingerprint density at radius 3 is 2.55 bits per heavy atom. The molecule has 3 aromatic carbocycles. The van der Waals surface area contributed by atoms with Gasteiger partial charge >= 0.3 is 0 Å². The van der Waals surface area contributed by atoms with E-state index in [4.69, 9.17) is 4.98 Å². The molecule has 6 nitrogen and oxygen atoms in total. The first-order chi connectivity index (χ1) is 15.9. The van der Waals surface area contributed by atoms with Crippen LogP contribution in [-0.4, -0.2) is 20.6 Å². The van der Waals surface area contributed by atoms with Gasteiger partial charge in [0.05, 0.1) is 22.3 Å². The van der Waals surface area contributed by atoms with Gasteiger partial charge in [-0.25, -0.2) is 4.98 Å². The number of benzene rings is 3. The summed E-state index contributed by atoms with van der Waals surface area (Å²) < 4.78 is 2.59. The number of pyridine rings is 1. The van der Waals surface area contributed by atoms with E-state index >= 15 is 0 Å². The van der Waals surface area contributed by atoms with Gasteiger partial charge in [0.15, 0.2) is 5.69 Å². The molecule has 0 saturated heterocycles. The fourth-order valence-electron chi connectivity index (χ4n) is 3.89. The molecule has 5 rings (SSSR count). The van der Waals surface area contributed by atoms with Crippen molar-refractivity contribution in [1.29, 1.82) is 0 Å². The number of para-hydroxylation sites is 1. The Balaban J connectivity index is 1.61. The minimum absolute atomic E-state index is 0.0395. The molecule has 5 aromatic rings. The first-order valence-corrected chi connectivity index (χ1v) is 11.1. The van der Waals surface area contributed by atoms with Crippen molar-refractivity contribution in [1.82, 2.24) is 9.55 Å². The predicted octanol–water partition coefficient (Wildman–Crippen LogP) is 7.09. The van der Waals surface area contributed by atoms with E-state index in [2.05, 4.69) is 26.2 Å². The van der Waals surface area contributed by atoms with E-state index < -0.39 is 5.91 Å². The summed E-state index contributed by atoms with van der Waals surface area (Å²) in [5.41, 5.74) is 4.76. The molecule has 0 bridgehead atoms. The molecule has 1 N–H and O–H groups in total. The molecule has 33 heavy (non-hydrogen) atoms. The lowest BCUT2D eigenvalue weighted by Gasteiger charge is -2.07. The van der Waals surface area contributed by atoms with Gasteiger partial charge in [-0.1, -0.05) is 57.9 Å². The Morgan fingerprint density at radius 1 is 1.00 bits per heavy atom. The third kappa shape index (κ3) is 3.81. The van der Waals surface area contributed by atoms with Crippen molar-refractivity contribution >= 4 is 49.3 Å². The number of amides is 1. The van der Waals surface area contributed by atoms with Gasteiger partial charge in [0.25, 0.3) is 5.91 Å². The first kappa shape index (κ1) is 21.0. The third-order valence-corrected chi connectivity index (χ3v) is 6.15. The van der Waals surface area contributed by atoms with Gasteiger partial charge in [0.2, 0.25) is 5.88 Å². The summed E-state index contributed by atoms with van der Waals surface area (Å²) >= 11 is 3.44. The zero-order valence-corrected chi connectivity index (χ0v) is 19.5. The standard InChI is InChI=1S/C26H19BrN4O2/c1-15-7-12-23-20(13-15)24(26(33)31(23)2)29-30-25(32)19-14-22(16-8-10-17(27)11-9-16)28-21-6-4-3-5-18(19)21/h3-14,33H,1-2H3. The minimum Gasteiger partial charge on any atom is -0.493 e. The quantitative estimate of drug-likeness (QED) is 0.269. The van der Waals surface area contributed by atoms with Crippen LogP contribution in [0.3, 0.4) is 0 Å². The smallest absolute Gasteiger partial charge is 0.296 e. The minimum atomic E-state index is -0.504. The highest BCUT2D eigenvalue weighted by molar-refractivity contribution is 9.10. The molecule has 0 aliphatic carbocycles. The molecule has 0 aliphatic heterocycles. The van der Waals surface area contributed by atoms with E-state index in [0.29, 0.717) is 22.2 Å². The number of aromatic hydroxyl groups is 1. The van der Waals surface area contributed by atoms with Crippen molar-refractivity contribution < 1.29 is 9.90 Å². The van der Waals surface area contributed by atoms with Crippen LogP contribution in [-0.2, 0) is 7.05 Å². The summed E-state index contributed by atoms with van der Waals surface area (Å²) in [5, 5.41) is 20.2. The van der Waals surface area contributed by atoms with E-state index in [1.807, 2.05) is 73.7 Å². The Labute approximate surface area is 198 Å². The Morgan fingerprint density at radius 2 is 1.76 bits per heavy atom. The van der Waals surface area contributed by atoms with Gasteiger partial charge in [0.1, 0.15) is 0 Å². The number of carbonyl (C=O) groups is 1. The van der Waals surface area contributed by atoms with Crippen molar-refractivity contribution in [3.8, 4) is 17.1 Å². The van der Waals surface area contributed by atoms with Crippen LogP contribution in [0.15, 0.2) is 87.5 Å². The number of carbonyl (C=O) groups excluding carboxylic acids is 1. The number of hydrogen-bond acceptors (Lipinski definition) is 4. The van der Waals surface area contributed by atoms with Gasteiger partial charge in [-0.3, -0.25) is 4.79 Å². The monoisotopic (exact) mass is 498 g/mol. The molecular weight excluding hydrogens is 480 g/mol. The van der Waals surface area contributed by atoms with E-state index in [1.54, 1.807) is 17.7 Å². The molecule has 2 heterocycles. The molecule has 0 fully saturated rings. The van der Waals surface area contributed by atoms with Gasteiger partial charge in [-0.2, -0.15) is 0 Å². The molecule has 2 aromatic heterocycles. The summed E-state index contributed by atoms with van der Waals surface area (Å²) in [4.78, 5) is 17.9. The van der Waals surface area contributed by atoms with Gasteiger partial charge in [0, 0.05) is 27.9 Å². The number of rotatable bonds is 3. The lowest BCUT2D eigenvalue weighted by molar-refractivity contribution is 0.0996. The van der Waals surface area contributed by atoms with Crippen LogP contribution in [0.1, 0.15) is 15.9 Å². The highest BCUT2D eigenvalue weighted by Gasteiger charge is 2.17. The molecule has 7 heteroatoms. The molecule has 0 radical (unpaired) electrons. The maximum atomic E-state index is 13.2. The summed E-state index contributed by atoms with van der Waals surface area (Å²) in [7, 11) is 1.74. The average molecular weight is 499 g/mol. The second-order valence-electron chi connectivity index (χ2n) is 7.84. The van der Waals surface area contributed by atoms with Crippen LogP contribution in [0, 0.1) is 6.92 Å². The summed E-state index contributed by atoms with van der Waals surface area (Å²) in [6, 6.07) is 22.7. The number of hydrogen-bond donors (Lipinski definition) is 1. The van der Waals surface area contributed by atoms with E-state index in [-0.39, 0.29) is 11.6 Å². The van der Waals surface area contributed by atoms with Crippen LogP contribution in [0.25, 0.3) is 33.1 Å². The molecular formula is C26H19BrN4O2. The van der Waals surface area contributed by atoms with E-state index in [9.17, 15) is 9.90 Å². The fourth-order valence-corrected chi connectivity index (χ4v) is 4.16. The van der Waals surface area contributed by atoms with E-state index in [0.717, 1.165) is 26.5 Å². The lowest BCUT2D eigenvalue weighted by Crippen LogP contribution is -1.99. The Bertz CT molecular complexity index is 1570. The fraction of sp³-hybridized carbons (Fsp3) is 0.0769. The second kappa shape index (κ2) is 8.26. The maximum absolute atomic E-state index is 13.2. The number of azo groups is 1. The highest BCUT2D eigenvalue weighted by Crippen LogP contribution is 2.38. The number of fused-ring (bicyclic) bond motifs is 2. The Hall–Kier alpha value is -3.84. The number of nitrogens with zero attached hydrogens (tertiary/aromatic N) is 4. The van der Waals surface area contributed by atoms with Crippen molar-refractivity contribution in [3.63, 3.8) is 0 Å². The zero-order valence-electron chi connectivity index (χ0n) is 18.0. The summed E-state index contributed by atoms with van der Waals surface area (Å²) in [5.74, 6) is -0.543. The van der Waals surface area contributed by atoms with Gasteiger partial charge in [-0.05, 0) is 43.3 Å². The van der Waals surface area contributed by atoms with Crippen molar-refractivity contribution in [2.75, 3.05) is 0 Å². The summed E-state index contributed by atoms with van der Waals surface area (Å²) in [6.07, 6.45) is 0. The SMILES string of the molecule is Cc1ccc2c(c1)c(N=NC(=O)c1cc(-c3ccc(Br)cc3)nc3ccccc13)c(O)n2C. The highest BCUT2D eigenvalue weighted by atomic mass is 79.9. The molecule has 0 saturated carbocycles. The molecule has 0 spiro atoms. The predicted molar refractivity (Wildman–Crippen MR) is 133 cm³/mol. The number of aryl methyl sites for hydroxylation is 2. The largest absolute Gasteiger partial charge is 0.493 e.